The van der Waals surface area contributed by atoms with Gasteiger partial charge in [-0.3, -0.25) is 0 Å². The van der Waals surface area contributed by atoms with E-state index in [1.165, 1.54) is 6.42 Å². The van der Waals surface area contributed by atoms with Gasteiger partial charge in [0.05, 0.1) is 0 Å². The molecule has 1 aliphatic carbocycles. The van der Waals surface area contributed by atoms with Crippen LogP contribution in [-0.2, 0) is 19.1 Å². The van der Waals surface area contributed by atoms with Crippen molar-refractivity contribution in [3.8, 4) is 0 Å². The summed E-state index contributed by atoms with van der Waals surface area (Å²) in [5, 5.41) is 0. The summed E-state index contributed by atoms with van der Waals surface area (Å²) < 4.78 is 7.09. The van der Waals surface area contributed by atoms with Crippen molar-refractivity contribution in [2.24, 2.45) is 0 Å². The van der Waals surface area contributed by atoms with Gasteiger partial charge in [0.15, 0.2) is 0 Å². The molecule has 70 valence electrons. The summed E-state index contributed by atoms with van der Waals surface area (Å²) in [7, 11) is 0. The number of rotatable bonds is 2. The van der Waals surface area contributed by atoms with Gasteiger partial charge >= 0.3 is 75.6 Å². The van der Waals surface area contributed by atoms with E-state index in [2.05, 4.69) is 40.7 Å². The summed E-state index contributed by atoms with van der Waals surface area (Å²) >= 11 is -1.77. The normalized spacial score (nSPS) is 16.2. The molecule has 0 N–H and O–H groups in total. The van der Waals surface area contributed by atoms with E-state index in [1.807, 2.05) is 3.33 Å². The molecule has 12 heavy (non-hydrogen) atoms. The molecule has 0 aromatic carbocycles. The Morgan fingerprint density at radius 1 is 1.33 bits per heavy atom. The summed E-state index contributed by atoms with van der Waals surface area (Å²) in [6.45, 7) is 5.06. The van der Waals surface area contributed by atoms with Gasteiger partial charge in [0.25, 0.3) is 0 Å². The molecule has 0 atom stereocenters. The molecule has 0 aromatic rings. The van der Waals surface area contributed by atoms with Gasteiger partial charge in [0.1, 0.15) is 0 Å². The van der Waals surface area contributed by atoms with Crippen LogP contribution in [0.4, 0.5) is 0 Å². The van der Waals surface area contributed by atoms with Crippen LogP contribution >= 0.6 is 17.0 Å². The molecule has 3 heteroatoms. The molecule has 0 fully saturated rings. The van der Waals surface area contributed by atoms with Gasteiger partial charge in [-0.05, 0) is 0 Å². The van der Waals surface area contributed by atoms with Crippen molar-refractivity contribution in [3.05, 3.63) is 21.6 Å². The van der Waals surface area contributed by atoms with Crippen molar-refractivity contribution >= 4 is 23.0 Å². The van der Waals surface area contributed by atoms with Gasteiger partial charge in [-0.2, -0.15) is 0 Å². The van der Waals surface area contributed by atoms with E-state index in [4.69, 9.17) is 0 Å². The zero-order chi connectivity index (χ0) is 8.48. The van der Waals surface area contributed by atoms with E-state index in [1.54, 1.807) is 0 Å². The Morgan fingerprint density at radius 3 is 2.25 bits per heavy atom. The first-order valence-electron chi connectivity index (χ1n) is 4.41. The van der Waals surface area contributed by atoms with Crippen LogP contribution in [0.1, 0.15) is 6.42 Å². The first-order valence-corrected chi connectivity index (χ1v) is 22.5. The minimum atomic E-state index is -1.77. The fourth-order valence-corrected chi connectivity index (χ4v) is 16.0. The Hall–Kier alpha value is 1.05. The molecule has 0 aromatic heterocycles. The molecule has 0 amide bonds. The maximum absolute atomic E-state index is 2.61. The Balaban J connectivity index is 0.00000121. The number of allylic oxidation sites excluding steroid dienone is 4. The molecule has 0 nitrogen and oxygen atoms in total. The third-order valence-electron chi connectivity index (χ3n) is 3.04. The van der Waals surface area contributed by atoms with Gasteiger partial charge in [0.2, 0.25) is 0 Å². The topological polar surface area (TPSA) is 0 Å². The van der Waals surface area contributed by atoms with E-state index in [0.717, 1.165) is 0 Å². The molecule has 0 heterocycles. The average Bonchev–Trinajstić information content (AvgIpc) is 2.37. The van der Waals surface area contributed by atoms with Crippen LogP contribution in [-0.4, -0.2) is 5.98 Å². The van der Waals surface area contributed by atoms with E-state index >= 15 is 0 Å². The minimum absolute atomic E-state index is 0. The Bertz CT molecular complexity index is 207. The monoisotopic (exact) mass is 414 g/mol. The molecule has 0 saturated heterocycles. The van der Waals surface area contributed by atoms with E-state index in [-0.39, 0.29) is 23.0 Å². The van der Waals surface area contributed by atoms with Crippen LogP contribution < -0.4 is 0 Å². The van der Waals surface area contributed by atoms with E-state index in [9.17, 15) is 0 Å². The summed E-state index contributed by atoms with van der Waals surface area (Å²) in [4.78, 5) is 0. The Kier molecular flexibility index (Phi) is 5.50. The molecule has 0 bridgehead atoms. The zero-order valence-electron chi connectivity index (χ0n) is 8.42. The summed E-state index contributed by atoms with van der Waals surface area (Å²) in [6.07, 6.45) is 8.25. The van der Waals surface area contributed by atoms with Crippen LogP contribution in [0, 0.1) is 0 Å². The summed E-state index contributed by atoms with van der Waals surface area (Å²) in [5.74, 6) is -0.319. The maximum atomic E-state index is 2.61. The number of halogens is 1. The number of hydrogen-bond donors (Lipinski definition) is 0. The van der Waals surface area contributed by atoms with Gasteiger partial charge in [-0.25, -0.2) is 0 Å². The molecular formula is C9H19BrHfSi. The molecule has 0 radical (unpaired) electrons. The summed E-state index contributed by atoms with van der Waals surface area (Å²) in [6, 6.07) is 0. The van der Waals surface area contributed by atoms with Gasteiger partial charge < -0.3 is 0 Å². The zero-order valence-corrected chi connectivity index (χ0v) is 14.9. The third kappa shape index (κ3) is 2.77. The molecule has 0 aliphatic heterocycles. The van der Waals surface area contributed by atoms with Crippen LogP contribution in [0.2, 0.25) is 22.5 Å². The fourth-order valence-electron chi connectivity index (χ4n) is 1.30. The van der Waals surface area contributed by atoms with Crippen molar-refractivity contribution in [3.63, 3.8) is 0 Å². The molecule has 1 rings (SSSR count). The third-order valence-corrected chi connectivity index (χ3v) is 47.4. The quantitative estimate of drug-likeness (QED) is 0.606. The van der Waals surface area contributed by atoms with Crippen LogP contribution in [0.15, 0.2) is 21.6 Å². The average molecular weight is 414 g/mol. The predicted molar refractivity (Wildman–Crippen MR) is 62.8 cm³/mol. The van der Waals surface area contributed by atoms with Crippen molar-refractivity contribution in [1.29, 1.82) is 0 Å². The van der Waals surface area contributed by atoms with Crippen molar-refractivity contribution < 1.29 is 19.1 Å². The van der Waals surface area contributed by atoms with Gasteiger partial charge in [-0.1, -0.05) is 0 Å². The van der Waals surface area contributed by atoms with Crippen molar-refractivity contribution in [2.45, 2.75) is 28.9 Å². The standard InChI is InChI=1S/C5H5.C2H7Si.2CH3.BrH.Hf/c1-2-4-5-3-1;1-3-2;;;;/h1-3H,4H2;3H,1-2H3;2*1H3;1H;. The predicted octanol–water partition coefficient (Wildman–Crippen LogP) is 3.64. The SMILES string of the molecule is Br.C[SiH](C)[Hf]([CH3])([CH3])[C]1=CC=CC1. The fraction of sp³-hybridized carbons (Fsp3) is 0.556. The second kappa shape index (κ2) is 5.06. The van der Waals surface area contributed by atoms with Crippen molar-refractivity contribution in [2.75, 3.05) is 0 Å². The molecule has 1 aliphatic rings. The summed E-state index contributed by atoms with van der Waals surface area (Å²) in [5.41, 5.74) is 0. The molecule has 0 spiro atoms. The first kappa shape index (κ1) is 13.0. The second-order valence-corrected chi connectivity index (χ2v) is 45.4. The van der Waals surface area contributed by atoms with E-state index in [0.29, 0.717) is 0 Å². The number of hydrogen-bond acceptors (Lipinski definition) is 0. The van der Waals surface area contributed by atoms with Crippen LogP contribution in [0.3, 0.4) is 0 Å². The molecular weight excluding hydrogens is 395 g/mol. The van der Waals surface area contributed by atoms with E-state index < -0.39 is 19.1 Å². The molecule has 0 unspecified atom stereocenters. The van der Waals surface area contributed by atoms with Crippen molar-refractivity contribution in [1.82, 2.24) is 0 Å². The van der Waals surface area contributed by atoms with Crippen LogP contribution in [0.5, 0.6) is 0 Å². The first-order chi connectivity index (χ1) is 5.05. The molecule has 0 saturated carbocycles. The second-order valence-electron chi connectivity index (χ2n) is 4.20. The van der Waals surface area contributed by atoms with Gasteiger partial charge in [-0.15, -0.1) is 17.0 Å². The Labute approximate surface area is 91.8 Å². The van der Waals surface area contributed by atoms with Crippen LogP contribution in [0.25, 0.3) is 0 Å². The van der Waals surface area contributed by atoms with Gasteiger partial charge in [0, 0.05) is 0 Å². The Morgan fingerprint density at radius 2 is 1.92 bits per heavy atom.